The number of nitrogens with zero attached hydrogens (tertiary/aromatic N) is 1. The molecule has 1 aliphatic rings. The van der Waals surface area contributed by atoms with Crippen LogP contribution < -0.4 is 10.2 Å². The van der Waals surface area contributed by atoms with Crippen molar-refractivity contribution in [3.63, 3.8) is 0 Å². The molecule has 0 aromatic heterocycles. The monoisotopic (exact) mass is 352 g/mol. The number of ether oxygens (including phenoxy) is 1. The zero-order chi connectivity index (χ0) is 18.4. The van der Waals surface area contributed by atoms with Crippen LogP contribution in [-0.4, -0.2) is 25.2 Å². The summed E-state index contributed by atoms with van der Waals surface area (Å²) in [6.45, 7) is 6.99. The van der Waals surface area contributed by atoms with Crippen LogP contribution in [0.2, 0.25) is 0 Å². The molecule has 2 aromatic carbocycles. The highest BCUT2D eigenvalue weighted by atomic mass is 16.5. The Morgan fingerprint density at radius 1 is 1.12 bits per heavy atom. The molecule has 0 aliphatic carbocycles. The van der Waals surface area contributed by atoms with E-state index < -0.39 is 0 Å². The lowest BCUT2D eigenvalue weighted by Crippen LogP contribution is -2.24. The van der Waals surface area contributed by atoms with E-state index in [1.807, 2.05) is 13.8 Å². The molecule has 4 heteroatoms. The molecule has 0 fully saturated rings. The van der Waals surface area contributed by atoms with Gasteiger partial charge in [-0.05, 0) is 43.0 Å². The van der Waals surface area contributed by atoms with Crippen molar-refractivity contribution >= 4 is 11.6 Å². The largest absolute Gasteiger partial charge is 0.378 e. The number of amides is 1. The predicted octanol–water partition coefficient (Wildman–Crippen LogP) is 3.68. The maximum absolute atomic E-state index is 11.8. The fraction of sp³-hybridized carbons (Fsp3) is 0.409. The van der Waals surface area contributed by atoms with Gasteiger partial charge in [-0.3, -0.25) is 4.79 Å². The summed E-state index contributed by atoms with van der Waals surface area (Å²) in [4.78, 5) is 14.2. The lowest BCUT2D eigenvalue weighted by molar-refractivity contribution is -0.122. The summed E-state index contributed by atoms with van der Waals surface area (Å²) >= 11 is 0. The van der Waals surface area contributed by atoms with Crippen LogP contribution in [0.15, 0.2) is 48.5 Å². The number of hydrogen-bond acceptors (Lipinski definition) is 3. The van der Waals surface area contributed by atoms with Gasteiger partial charge in [0, 0.05) is 31.7 Å². The van der Waals surface area contributed by atoms with Crippen LogP contribution >= 0.6 is 0 Å². The third kappa shape index (κ3) is 5.09. The van der Waals surface area contributed by atoms with Crippen LogP contribution in [-0.2, 0) is 29.0 Å². The van der Waals surface area contributed by atoms with Gasteiger partial charge in [0.1, 0.15) is 0 Å². The third-order valence-corrected chi connectivity index (χ3v) is 4.65. The lowest BCUT2D eigenvalue weighted by Gasteiger charge is -2.19. The Hall–Kier alpha value is -2.33. The number of fused-ring (bicyclic) bond motifs is 1. The molecule has 1 amide bonds. The number of para-hydroxylation sites is 1. The lowest BCUT2D eigenvalue weighted by atomic mass is 10.1. The zero-order valence-corrected chi connectivity index (χ0v) is 15.7. The molecule has 0 bridgehead atoms. The van der Waals surface area contributed by atoms with Gasteiger partial charge >= 0.3 is 0 Å². The summed E-state index contributed by atoms with van der Waals surface area (Å²) in [5.41, 5.74) is 5.21. The van der Waals surface area contributed by atoms with E-state index in [0.717, 1.165) is 25.1 Å². The van der Waals surface area contributed by atoms with Gasteiger partial charge in [-0.15, -0.1) is 0 Å². The van der Waals surface area contributed by atoms with Crippen molar-refractivity contribution in [1.29, 1.82) is 0 Å². The standard InChI is InChI=1S/C22H28N2O2/c1-17(2)26-14-12-22(25)23-15-18-7-9-19(10-8-18)16-24-13-11-20-5-3-4-6-21(20)24/h3-10,17H,11-16H2,1-2H3,(H,23,25). The van der Waals surface area contributed by atoms with Crippen molar-refractivity contribution in [3.8, 4) is 0 Å². The molecule has 0 radical (unpaired) electrons. The molecule has 0 spiro atoms. The van der Waals surface area contributed by atoms with E-state index in [0.29, 0.717) is 19.6 Å². The Labute approximate surface area is 156 Å². The van der Waals surface area contributed by atoms with Crippen molar-refractivity contribution in [3.05, 3.63) is 65.2 Å². The molecule has 0 atom stereocenters. The van der Waals surface area contributed by atoms with E-state index in [2.05, 4.69) is 58.7 Å². The molecule has 1 N–H and O–H groups in total. The highest BCUT2D eigenvalue weighted by Crippen LogP contribution is 2.28. The molecule has 2 aromatic rings. The van der Waals surface area contributed by atoms with E-state index in [-0.39, 0.29) is 12.0 Å². The smallest absolute Gasteiger partial charge is 0.222 e. The minimum Gasteiger partial charge on any atom is -0.378 e. The van der Waals surface area contributed by atoms with E-state index in [1.54, 1.807) is 0 Å². The fourth-order valence-corrected chi connectivity index (χ4v) is 3.23. The first kappa shape index (κ1) is 18.5. The number of hydrogen-bond donors (Lipinski definition) is 1. The Balaban J connectivity index is 1.46. The number of carbonyl (C=O) groups excluding carboxylic acids is 1. The fourth-order valence-electron chi connectivity index (χ4n) is 3.23. The Bertz CT molecular complexity index is 725. The maximum Gasteiger partial charge on any atom is 0.222 e. The van der Waals surface area contributed by atoms with Crippen LogP contribution in [0.1, 0.15) is 37.0 Å². The van der Waals surface area contributed by atoms with Crippen molar-refractivity contribution in [2.75, 3.05) is 18.1 Å². The number of anilines is 1. The summed E-state index contributed by atoms with van der Waals surface area (Å²) in [6.07, 6.45) is 1.70. The summed E-state index contributed by atoms with van der Waals surface area (Å²) in [5, 5.41) is 2.95. The second-order valence-electron chi connectivity index (χ2n) is 7.06. The van der Waals surface area contributed by atoms with E-state index in [9.17, 15) is 4.79 Å². The highest BCUT2D eigenvalue weighted by Gasteiger charge is 2.18. The molecule has 0 saturated heterocycles. The summed E-state index contributed by atoms with van der Waals surface area (Å²) in [6, 6.07) is 17.1. The van der Waals surface area contributed by atoms with Gasteiger partial charge in [-0.2, -0.15) is 0 Å². The van der Waals surface area contributed by atoms with Gasteiger partial charge in [0.2, 0.25) is 5.91 Å². The van der Waals surface area contributed by atoms with Crippen LogP contribution in [0.4, 0.5) is 5.69 Å². The van der Waals surface area contributed by atoms with Crippen molar-refractivity contribution < 1.29 is 9.53 Å². The Morgan fingerprint density at radius 2 is 1.85 bits per heavy atom. The molecule has 1 aliphatic heterocycles. The summed E-state index contributed by atoms with van der Waals surface area (Å²) in [5.74, 6) is 0.0309. The molecule has 26 heavy (non-hydrogen) atoms. The Morgan fingerprint density at radius 3 is 2.62 bits per heavy atom. The predicted molar refractivity (Wildman–Crippen MR) is 105 cm³/mol. The molecular formula is C22H28N2O2. The molecule has 1 heterocycles. The highest BCUT2D eigenvalue weighted by molar-refractivity contribution is 5.75. The summed E-state index contributed by atoms with van der Waals surface area (Å²) < 4.78 is 5.40. The van der Waals surface area contributed by atoms with Crippen LogP contribution in [0.3, 0.4) is 0 Å². The van der Waals surface area contributed by atoms with Crippen molar-refractivity contribution in [2.24, 2.45) is 0 Å². The van der Waals surface area contributed by atoms with Gasteiger partial charge < -0.3 is 15.0 Å². The minimum absolute atomic E-state index is 0.0309. The summed E-state index contributed by atoms with van der Waals surface area (Å²) in [7, 11) is 0. The zero-order valence-electron chi connectivity index (χ0n) is 15.7. The van der Waals surface area contributed by atoms with E-state index in [4.69, 9.17) is 4.74 Å². The average Bonchev–Trinajstić information content (AvgIpc) is 3.04. The van der Waals surface area contributed by atoms with Crippen LogP contribution in [0.25, 0.3) is 0 Å². The van der Waals surface area contributed by atoms with Gasteiger partial charge in [0.05, 0.1) is 12.7 Å². The number of benzene rings is 2. The first-order valence-electron chi connectivity index (χ1n) is 9.41. The number of rotatable bonds is 8. The minimum atomic E-state index is 0.0309. The van der Waals surface area contributed by atoms with Gasteiger partial charge in [0.25, 0.3) is 0 Å². The average molecular weight is 352 g/mol. The molecule has 4 nitrogen and oxygen atoms in total. The van der Waals surface area contributed by atoms with Crippen LogP contribution in [0, 0.1) is 0 Å². The van der Waals surface area contributed by atoms with Gasteiger partial charge in [0.15, 0.2) is 0 Å². The first-order valence-corrected chi connectivity index (χ1v) is 9.41. The second-order valence-corrected chi connectivity index (χ2v) is 7.06. The number of carbonyl (C=O) groups is 1. The third-order valence-electron chi connectivity index (χ3n) is 4.65. The van der Waals surface area contributed by atoms with Crippen molar-refractivity contribution in [1.82, 2.24) is 5.32 Å². The normalized spacial score (nSPS) is 13.1. The molecule has 0 saturated carbocycles. The molecule has 0 unspecified atom stereocenters. The Kier molecular flexibility index (Phi) is 6.29. The van der Waals surface area contributed by atoms with Crippen molar-refractivity contribution in [2.45, 2.75) is 45.9 Å². The SMILES string of the molecule is CC(C)OCCC(=O)NCc1ccc(CN2CCc3ccccc32)cc1. The van der Waals surface area contributed by atoms with Gasteiger partial charge in [-0.1, -0.05) is 42.5 Å². The number of nitrogens with one attached hydrogen (secondary N) is 1. The topological polar surface area (TPSA) is 41.6 Å². The van der Waals surface area contributed by atoms with Gasteiger partial charge in [-0.25, -0.2) is 0 Å². The molecule has 138 valence electrons. The quantitative estimate of drug-likeness (QED) is 0.788. The molecular weight excluding hydrogens is 324 g/mol. The van der Waals surface area contributed by atoms with E-state index in [1.165, 1.54) is 16.8 Å². The first-order chi connectivity index (χ1) is 12.6. The second kappa shape index (κ2) is 8.86. The maximum atomic E-state index is 11.8. The molecule has 3 rings (SSSR count). The van der Waals surface area contributed by atoms with Crippen LogP contribution in [0.5, 0.6) is 0 Å². The van der Waals surface area contributed by atoms with E-state index >= 15 is 0 Å².